The van der Waals surface area contributed by atoms with Crippen molar-refractivity contribution in [2.24, 2.45) is 8.73 Å². The summed E-state index contributed by atoms with van der Waals surface area (Å²) in [6.07, 6.45) is 0. The van der Waals surface area contributed by atoms with Crippen molar-refractivity contribution in [3.63, 3.8) is 0 Å². The molecular formula is C13H7Br2N3OS. The molecular weight excluding hydrogens is 406 g/mol. The molecule has 0 fully saturated rings. The fraction of sp³-hybridized carbons (Fsp3) is 0. The summed E-state index contributed by atoms with van der Waals surface area (Å²) in [6, 6.07) is 11.0. The molecule has 0 unspecified atom stereocenters. The quantitative estimate of drug-likeness (QED) is 0.618. The zero-order valence-corrected chi connectivity index (χ0v) is 13.9. The number of fused-ring (bicyclic) bond motifs is 1. The Morgan fingerprint density at radius 3 is 2.85 bits per heavy atom. The van der Waals surface area contributed by atoms with E-state index in [4.69, 9.17) is 0 Å². The smallest absolute Gasteiger partial charge is 0.256 e. The molecule has 4 nitrogen and oxygen atoms in total. The Balaban J connectivity index is 1.93. The number of amides is 1. The van der Waals surface area contributed by atoms with Gasteiger partial charge in [0.25, 0.3) is 5.91 Å². The largest absolute Gasteiger partial charge is 0.320 e. The maximum atomic E-state index is 12.3. The molecule has 0 saturated carbocycles. The molecule has 1 amide bonds. The van der Waals surface area contributed by atoms with E-state index in [0.717, 1.165) is 26.0 Å². The van der Waals surface area contributed by atoms with E-state index in [2.05, 4.69) is 45.9 Å². The molecule has 0 radical (unpaired) electrons. The lowest BCUT2D eigenvalue weighted by atomic mass is 10.2. The predicted molar refractivity (Wildman–Crippen MR) is 87.8 cm³/mol. The van der Waals surface area contributed by atoms with E-state index in [9.17, 15) is 4.79 Å². The molecule has 1 heterocycles. The molecule has 7 heteroatoms. The Morgan fingerprint density at radius 1 is 1.15 bits per heavy atom. The van der Waals surface area contributed by atoms with Crippen LogP contribution in [0, 0.1) is 0 Å². The van der Waals surface area contributed by atoms with Crippen LogP contribution >= 0.6 is 31.9 Å². The number of halogens is 2. The lowest BCUT2D eigenvalue weighted by molar-refractivity contribution is 0.102. The minimum Gasteiger partial charge on any atom is -0.320 e. The van der Waals surface area contributed by atoms with Gasteiger partial charge in [0.2, 0.25) is 0 Å². The lowest BCUT2D eigenvalue weighted by Gasteiger charge is -2.09. The van der Waals surface area contributed by atoms with Gasteiger partial charge >= 0.3 is 0 Å². The van der Waals surface area contributed by atoms with E-state index in [1.54, 1.807) is 6.07 Å². The summed E-state index contributed by atoms with van der Waals surface area (Å²) < 4.78 is 9.94. The number of benzene rings is 2. The molecule has 100 valence electrons. The van der Waals surface area contributed by atoms with Crippen LogP contribution in [-0.2, 0) is 11.4 Å². The summed E-state index contributed by atoms with van der Waals surface area (Å²) >= 11 is 7.87. The number of hydrogen-bond acceptors (Lipinski definition) is 3. The summed E-state index contributed by atoms with van der Waals surface area (Å²) in [5.41, 5.74) is 2.70. The molecule has 1 aliphatic heterocycles. The predicted octanol–water partition coefficient (Wildman–Crippen LogP) is 5.19. The maximum absolute atomic E-state index is 12.3. The molecule has 0 bridgehead atoms. The Hall–Kier alpha value is -1.31. The molecule has 0 aliphatic carbocycles. The first-order valence-corrected chi connectivity index (χ1v) is 7.94. The van der Waals surface area contributed by atoms with Gasteiger partial charge in [-0.15, -0.1) is 0 Å². The van der Waals surface area contributed by atoms with Gasteiger partial charge in [0.15, 0.2) is 0 Å². The van der Waals surface area contributed by atoms with E-state index >= 15 is 0 Å². The second-order valence-corrected chi connectivity index (χ2v) is 6.31. The molecule has 2 aromatic rings. The highest BCUT2D eigenvalue weighted by Crippen LogP contribution is 2.38. The number of carbonyl (C=O) groups excluding carboxylic acids is 1. The van der Waals surface area contributed by atoms with Crippen LogP contribution in [-0.4, -0.2) is 5.91 Å². The van der Waals surface area contributed by atoms with Crippen LogP contribution in [0.2, 0.25) is 0 Å². The van der Waals surface area contributed by atoms with Gasteiger partial charge in [-0.3, -0.25) is 4.79 Å². The first kappa shape index (κ1) is 13.7. The van der Waals surface area contributed by atoms with E-state index < -0.39 is 0 Å². The average Bonchev–Trinajstić information content (AvgIpc) is 2.91. The molecule has 0 spiro atoms. The van der Waals surface area contributed by atoms with E-state index in [1.807, 2.05) is 30.3 Å². The Morgan fingerprint density at radius 2 is 2.00 bits per heavy atom. The van der Waals surface area contributed by atoms with Crippen LogP contribution in [0.15, 0.2) is 54.1 Å². The third-order valence-electron chi connectivity index (χ3n) is 2.71. The second kappa shape index (κ2) is 5.59. The Kier molecular flexibility index (Phi) is 3.82. The van der Waals surface area contributed by atoms with Crippen molar-refractivity contribution in [2.45, 2.75) is 0 Å². The van der Waals surface area contributed by atoms with Crippen LogP contribution in [0.1, 0.15) is 10.4 Å². The van der Waals surface area contributed by atoms with Gasteiger partial charge in [0, 0.05) is 8.95 Å². The monoisotopic (exact) mass is 411 g/mol. The highest BCUT2D eigenvalue weighted by molar-refractivity contribution is 9.11. The summed E-state index contributed by atoms with van der Waals surface area (Å²) in [5.74, 6) is -0.196. The number of rotatable bonds is 2. The minimum atomic E-state index is -0.196. The van der Waals surface area contributed by atoms with Crippen LogP contribution in [0.5, 0.6) is 0 Å². The Bertz CT molecular complexity index is 785. The molecule has 0 saturated heterocycles. The third-order valence-corrected chi connectivity index (χ3v) is 4.43. The molecule has 1 aliphatic rings. The highest BCUT2D eigenvalue weighted by atomic mass is 79.9. The first-order chi connectivity index (χ1) is 9.65. The fourth-order valence-corrected chi connectivity index (χ4v) is 3.11. The number of nitrogens with zero attached hydrogens (tertiary/aromatic N) is 2. The van der Waals surface area contributed by atoms with Crippen LogP contribution in [0.25, 0.3) is 0 Å². The van der Waals surface area contributed by atoms with Crippen molar-refractivity contribution < 1.29 is 4.79 Å². The number of anilines is 1. The van der Waals surface area contributed by atoms with Crippen molar-refractivity contribution in [3.8, 4) is 0 Å². The van der Waals surface area contributed by atoms with Crippen molar-refractivity contribution in [1.29, 1.82) is 0 Å². The van der Waals surface area contributed by atoms with Crippen molar-refractivity contribution in [1.82, 2.24) is 0 Å². The second-order valence-electron chi connectivity index (χ2n) is 4.02. The van der Waals surface area contributed by atoms with Gasteiger partial charge in [0.1, 0.15) is 11.4 Å². The number of hydrogen-bond donors (Lipinski definition) is 1. The van der Waals surface area contributed by atoms with Crippen LogP contribution < -0.4 is 5.32 Å². The summed E-state index contributed by atoms with van der Waals surface area (Å²) in [7, 11) is 0. The average molecular weight is 413 g/mol. The molecule has 0 atom stereocenters. The fourth-order valence-electron chi connectivity index (χ4n) is 1.77. The first-order valence-electron chi connectivity index (χ1n) is 5.63. The maximum Gasteiger partial charge on any atom is 0.256 e. The van der Waals surface area contributed by atoms with Gasteiger partial charge in [-0.1, -0.05) is 22.0 Å². The number of nitrogens with one attached hydrogen (secondary N) is 1. The van der Waals surface area contributed by atoms with E-state index in [1.165, 1.54) is 0 Å². The zero-order chi connectivity index (χ0) is 14.1. The molecule has 3 rings (SSSR count). The molecule has 20 heavy (non-hydrogen) atoms. The van der Waals surface area contributed by atoms with Gasteiger partial charge in [-0.05, 0) is 46.3 Å². The SMILES string of the molecule is O=C(Nc1cccc2c1N=S=N2)c1cc(Br)ccc1Br. The van der Waals surface area contributed by atoms with E-state index in [-0.39, 0.29) is 5.91 Å². The molecule has 2 aromatic carbocycles. The van der Waals surface area contributed by atoms with Gasteiger partial charge < -0.3 is 5.32 Å². The molecule has 0 aromatic heterocycles. The summed E-state index contributed by atoms with van der Waals surface area (Å²) in [4.78, 5) is 12.3. The van der Waals surface area contributed by atoms with Gasteiger partial charge in [0.05, 0.1) is 22.6 Å². The van der Waals surface area contributed by atoms with Gasteiger partial charge in [-0.25, -0.2) is 0 Å². The number of carbonyl (C=O) groups is 1. The van der Waals surface area contributed by atoms with Crippen molar-refractivity contribution in [3.05, 3.63) is 50.9 Å². The topological polar surface area (TPSA) is 53.8 Å². The highest BCUT2D eigenvalue weighted by Gasteiger charge is 2.15. The molecule has 1 N–H and O–H groups in total. The standard InChI is InChI=1S/C13H7Br2N3OS/c14-7-4-5-9(15)8(6-7)13(19)16-10-2-1-3-11-12(10)18-20-17-11/h1-6H,(H,16,19). The van der Waals surface area contributed by atoms with E-state index in [0.29, 0.717) is 16.9 Å². The Labute approximate surface area is 135 Å². The zero-order valence-electron chi connectivity index (χ0n) is 9.93. The minimum absolute atomic E-state index is 0.196. The normalized spacial score (nSPS) is 11.9. The lowest BCUT2D eigenvalue weighted by Crippen LogP contribution is -2.12. The third kappa shape index (κ3) is 2.61. The van der Waals surface area contributed by atoms with Crippen molar-refractivity contribution in [2.75, 3.05) is 5.32 Å². The summed E-state index contributed by atoms with van der Waals surface area (Å²) in [5, 5.41) is 2.87. The van der Waals surface area contributed by atoms with Crippen LogP contribution in [0.4, 0.5) is 17.1 Å². The van der Waals surface area contributed by atoms with Crippen LogP contribution in [0.3, 0.4) is 0 Å². The van der Waals surface area contributed by atoms with Gasteiger partial charge in [-0.2, -0.15) is 8.73 Å². The van der Waals surface area contributed by atoms with Crippen molar-refractivity contribution >= 4 is 66.2 Å². The summed E-state index contributed by atoms with van der Waals surface area (Å²) in [6.45, 7) is 0.